The van der Waals surface area contributed by atoms with E-state index in [1.165, 1.54) is 0 Å². The quantitative estimate of drug-likeness (QED) is 0.265. The van der Waals surface area contributed by atoms with Crippen LogP contribution in [-0.4, -0.2) is 24.7 Å². The van der Waals surface area contributed by atoms with Crippen molar-refractivity contribution < 1.29 is 14.3 Å². The number of esters is 1. The second-order valence-electron chi connectivity index (χ2n) is 1.65. The van der Waals surface area contributed by atoms with Crippen molar-refractivity contribution >= 4 is 23.9 Å². The minimum Gasteiger partial charge on any atom is -0.465 e. The summed E-state index contributed by atoms with van der Waals surface area (Å²) in [5.74, 6) is -1.36. The van der Waals surface area contributed by atoms with Crippen LogP contribution in [0.1, 0.15) is 6.92 Å². The Morgan fingerprint density at radius 2 is 2.40 bits per heavy atom. The molecule has 0 saturated heterocycles. The molecule has 0 heterocycles. The normalized spacial score (nSPS) is 12.2. The first-order chi connectivity index (χ1) is 4.76. The van der Waals surface area contributed by atoms with Gasteiger partial charge in [-0.2, -0.15) is 0 Å². The average Bonchev–Trinajstić information content (AvgIpc) is 1.91. The third kappa shape index (κ3) is 2.82. The van der Waals surface area contributed by atoms with Crippen molar-refractivity contribution in [3.05, 3.63) is 0 Å². The van der Waals surface area contributed by atoms with Crippen molar-refractivity contribution in [1.82, 2.24) is 0 Å². The SMILES string of the molecule is CCOC(=O)C(C=O)CCl. The molecule has 0 rings (SSSR count). The summed E-state index contributed by atoms with van der Waals surface area (Å²) < 4.78 is 4.53. The number of carbonyl (C=O) groups excluding carboxylic acids is 2. The zero-order chi connectivity index (χ0) is 7.98. The summed E-state index contributed by atoms with van der Waals surface area (Å²) in [5, 5.41) is 0. The maximum Gasteiger partial charge on any atom is 0.317 e. The van der Waals surface area contributed by atoms with Gasteiger partial charge >= 0.3 is 5.97 Å². The van der Waals surface area contributed by atoms with E-state index in [0.29, 0.717) is 6.29 Å². The fourth-order valence-electron chi connectivity index (χ4n) is 0.404. The van der Waals surface area contributed by atoms with E-state index in [1.54, 1.807) is 6.92 Å². The van der Waals surface area contributed by atoms with Crippen LogP contribution < -0.4 is 0 Å². The molecule has 1 atom stereocenters. The van der Waals surface area contributed by atoms with E-state index in [0.717, 1.165) is 0 Å². The summed E-state index contributed by atoms with van der Waals surface area (Å²) in [6.45, 7) is 1.95. The van der Waals surface area contributed by atoms with Crippen LogP contribution in [0.3, 0.4) is 0 Å². The molecule has 4 heteroatoms. The van der Waals surface area contributed by atoms with Gasteiger partial charge in [-0.1, -0.05) is 0 Å². The fraction of sp³-hybridized carbons (Fsp3) is 0.667. The van der Waals surface area contributed by atoms with E-state index in [-0.39, 0.29) is 12.5 Å². The third-order valence-corrected chi connectivity index (χ3v) is 1.25. The minimum absolute atomic E-state index is 0.0116. The largest absolute Gasteiger partial charge is 0.465 e. The van der Waals surface area contributed by atoms with Gasteiger partial charge in [-0.3, -0.25) is 4.79 Å². The lowest BCUT2D eigenvalue weighted by Gasteiger charge is -2.03. The summed E-state index contributed by atoms with van der Waals surface area (Å²) in [6, 6.07) is 0. The molecule has 0 aliphatic carbocycles. The van der Waals surface area contributed by atoms with E-state index in [4.69, 9.17) is 11.6 Å². The standard InChI is InChI=1S/C6H9ClO3/c1-2-10-6(9)5(3-7)4-8/h4-5H,2-3H2,1H3. The van der Waals surface area contributed by atoms with E-state index >= 15 is 0 Å². The second kappa shape index (κ2) is 5.23. The van der Waals surface area contributed by atoms with Crippen LogP contribution in [0.5, 0.6) is 0 Å². The first-order valence-corrected chi connectivity index (χ1v) is 3.47. The monoisotopic (exact) mass is 164 g/mol. The Kier molecular flexibility index (Phi) is 4.94. The highest BCUT2D eigenvalue weighted by molar-refractivity contribution is 6.20. The first-order valence-electron chi connectivity index (χ1n) is 2.94. The number of ether oxygens (including phenoxy) is 1. The zero-order valence-corrected chi connectivity index (χ0v) is 6.43. The van der Waals surface area contributed by atoms with Gasteiger partial charge < -0.3 is 9.53 Å². The van der Waals surface area contributed by atoms with Crippen LogP contribution in [0.2, 0.25) is 0 Å². The van der Waals surface area contributed by atoms with Gasteiger partial charge in [0.2, 0.25) is 0 Å². The van der Waals surface area contributed by atoms with E-state index in [2.05, 4.69) is 4.74 Å². The topological polar surface area (TPSA) is 43.4 Å². The highest BCUT2D eigenvalue weighted by Crippen LogP contribution is 1.98. The average molecular weight is 165 g/mol. The Bertz CT molecular complexity index is 124. The molecule has 1 unspecified atom stereocenters. The molecule has 0 amide bonds. The van der Waals surface area contributed by atoms with Crippen LogP contribution in [0.15, 0.2) is 0 Å². The van der Waals surface area contributed by atoms with E-state index in [1.807, 2.05) is 0 Å². The summed E-state index contributed by atoms with van der Waals surface area (Å²) in [6.07, 6.45) is 0.491. The number of hydrogen-bond acceptors (Lipinski definition) is 3. The summed E-state index contributed by atoms with van der Waals surface area (Å²) in [4.78, 5) is 20.7. The summed E-state index contributed by atoms with van der Waals surface area (Å²) in [7, 11) is 0. The van der Waals surface area contributed by atoms with Gasteiger partial charge in [0.25, 0.3) is 0 Å². The Hall–Kier alpha value is -0.570. The molecule has 0 saturated carbocycles. The van der Waals surface area contributed by atoms with Crippen molar-refractivity contribution in [2.24, 2.45) is 5.92 Å². The van der Waals surface area contributed by atoms with Gasteiger partial charge in [0.1, 0.15) is 12.2 Å². The molecule has 0 bridgehead atoms. The Labute approximate surface area is 64.3 Å². The zero-order valence-electron chi connectivity index (χ0n) is 5.67. The van der Waals surface area contributed by atoms with Gasteiger partial charge in [-0.25, -0.2) is 0 Å². The molecule has 0 aliphatic heterocycles. The third-order valence-electron chi connectivity index (χ3n) is 0.920. The number of hydrogen-bond donors (Lipinski definition) is 0. The molecule has 3 nitrogen and oxygen atoms in total. The van der Waals surface area contributed by atoms with Gasteiger partial charge in [-0.05, 0) is 6.92 Å². The molecule has 0 aliphatic rings. The van der Waals surface area contributed by atoms with Crippen molar-refractivity contribution in [3.8, 4) is 0 Å². The van der Waals surface area contributed by atoms with Crippen molar-refractivity contribution in [2.45, 2.75) is 6.92 Å². The van der Waals surface area contributed by atoms with Gasteiger partial charge in [0.15, 0.2) is 0 Å². The second-order valence-corrected chi connectivity index (χ2v) is 1.96. The van der Waals surface area contributed by atoms with E-state index < -0.39 is 11.9 Å². The molecule has 0 radical (unpaired) electrons. The van der Waals surface area contributed by atoms with Crippen molar-refractivity contribution in [1.29, 1.82) is 0 Å². The molecular weight excluding hydrogens is 156 g/mol. The fourth-order valence-corrected chi connectivity index (χ4v) is 0.603. The summed E-state index contributed by atoms with van der Waals surface area (Å²) >= 11 is 5.27. The number of halogens is 1. The van der Waals surface area contributed by atoms with Crippen molar-refractivity contribution in [3.63, 3.8) is 0 Å². The Balaban J connectivity index is 3.76. The maximum absolute atomic E-state index is 10.7. The lowest BCUT2D eigenvalue weighted by atomic mass is 10.2. The molecule has 10 heavy (non-hydrogen) atoms. The molecule has 0 aromatic heterocycles. The summed E-state index contributed by atoms with van der Waals surface area (Å²) in [5.41, 5.74) is 0. The van der Waals surface area contributed by atoms with Gasteiger partial charge in [0, 0.05) is 5.88 Å². The number of carbonyl (C=O) groups is 2. The van der Waals surface area contributed by atoms with Crippen LogP contribution >= 0.6 is 11.6 Å². The molecule has 0 spiro atoms. The Morgan fingerprint density at radius 3 is 2.70 bits per heavy atom. The van der Waals surface area contributed by atoms with Crippen LogP contribution in [0, 0.1) is 5.92 Å². The highest BCUT2D eigenvalue weighted by Gasteiger charge is 2.16. The Morgan fingerprint density at radius 1 is 1.80 bits per heavy atom. The maximum atomic E-state index is 10.7. The predicted molar refractivity (Wildman–Crippen MR) is 36.9 cm³/mol. The van der Waals surface area contributed by atoms with Crippen LogP contribution in [0.25, 0.3) is 0 Å². The van der Waals surface area contributed by atoms with Crippen molar-refractivity contribution in [2.75, 3.05) is 12.5 Å². The first kappa shape index (κ1) is 9.43. The molecule has 0 aromatic carbocycles. The number of rotatable bonds is 4. The lowest BCUT2D eigenvalue weighted by Crippen LogP contribution is -2.20. The lowest BCUT2D eigenvalue weighted by molar-refractivity contribution is -0.148. The number of alkyl halides is 1. The van der Waals surface area contributed by atoms with Gasteiger partial charge in [-0.15, -0.1) is 11.6 Å². The molecule has 0 aromatic rings. The molecular formula is C6H9ClO3. The van der Waals surface area contributed by atoms with Crippen LogP contribution in [-0.2, 0) is 14.3 Å². The molecule has 58 valence electrons. The predicted octanol–water partition coefficient (Wildman–Crippen LogP) is 0.603. The number of aldehydes is 1. The van der Waals surface area contributed by atoms with E-state index in [9.17, 15) is 9.59 Å². The minimum atomic E-state index is -0.804. The smallest absolute Gasteiger partial charge is 0.317 e. The highest BCUT2D eigenvalue weighted by atomic mass is 35.5. The molecule has 0 fully saturated rings. The molecule has 0 N–H and O–H groups in total. The van der Waals surface area contributed by atoms with Gasteiger partial charge in [0.05, 0.1) is 6.61 Å². The van der Waals surface area contributed by atoms with Crippen LogP contribution in [0.4, 0.5) is 0 Å².